The molecular formula is C10H19NO3. The normalized spacial score (nSPS) is 10.1. The molecule has 0 bridgehead atoms. The van der Waals surface area contributed by atoms with Crippen LogP contribution in [0.5, 0.6) is 0 Å². The molecule has 0 aromatic heterocycles. The van der Waals surface area contributed by atoms with Gasteiger partial charge in [-0.3, -0.25) is 9.59 Å². The van der Waals surface area contributed by atoms with E-state index in [0.717, 1.165) is 0 Å². The molecule has 0 heterocycles. The molecule has 0 unspecified atom stereocenters. The van der Waals surface area contributed by atoms with Crippen molar-refractivity contribution in [1.29, 1.82) is 0 Å². The third kappa shape index (κ3) is 4.84. The summed E-state index contributed by atoms with van der Waals surface area (Å²) in [5.41, 5.74) is 0. The van der Waals surface area contributed by atoms with Crippen molar-refractivity contribution in [2.45, 2.75) is 40.2 Å². The molecule has 82 valence electrons. The number of rotatable bonds is 5. The molecule has 14 heavy (non-hydrogen) atoms. The molecule has 0 aliphatic heterocycles. The van der Waals surface area contributed by atoms with Crippen molar-refractivity contribution < 1.29 is 14.3 Å². The molecule has 4 heteroatoms. The number of hydrogen-bond donors (Lipinski definition) is 0. The summed E-state index contributed by atoms with van der Waals surface area (Å²) in [6, 6.07) is 0.127. The topological polar surface area (TPSA) is 46.6 Å². The number of carbonyl (C=O) groups excluding carboxylic acids is 2. The Balaban J connectivity index is 3.94. The van der Waals surface area contributed by atoms with Gasteiger partial charge in [0.05, 0.1) is 13.0 Å². The summed E-state index contributed by atoms with van der Waals surface area (Å²) in [5.74, 6) is -0.260. The maximum atomic E-state index is 11.1. The minimum atomic E-state index is -0.251. The van der Waals surface area contributed by atoms with Crippen molar-refractivity contribution in [1.82, 2.24) is 4.90 Å². The Hall–Kier alpha value is -1.06. The zero-order valence-corrected chi connectivity index (χ0v) is 9.37. The summed E-state index contributed by atoms with van der Waals surface area (Å²) < 4.78 is 4.77. The van der Waals surface area contributed by atoms with Crippen molar-refractivity contribution in [3.8, 4) is 0 Å². The van der Waals surface area contributed by atoms with E-state index in [-0.39, 0.29) is 24.3 Å². The fraction of sp³-hybridized carbons (Fsp3) is 0.800. The Morgan fingerprint density at radius 3 is 2.29 bits per heavy atom. The van der Waals surface area contributed by atoms with Crippen molar-refractivity contribution in [3.63, 3.8) is 0 Å². The van der Waals surface area contributed by atoms with E-state index in [1.54, 1.807) is 11.8 Å². The van der Waals surface area contributed by atoms with Gasteiger partial charge in [-0.2, -0.15) is 0 Å². The number of esters is 1. The lowest BCUT2D eigenvalue weighted by Crippen LogP contribution is -2.36. The van der Waals surface area contributed by atoms with Gasteiger partial charge in [0, 0.05) is 19.5 Å². The molecule has 0 N–H and O–H groups in total. The van der Waals surface area contributed by atoms with Crippen molar-refractivity contribution >= 4 is 11.9 Å². The van der Waals surface area contributed by atoms with E-state index < -0.39 is 0 Å². The van der Waals surface area contributed by atoms with E-state index in [9.17, 15) is 9.59 Å². The van der Waals surface area contributed by atoms with Gasteiger partial charge < -0.3 is 9.64 Å². The Morgan fingerprint density at radius 2 is 1.93 bits per heavy atom. The fourth-order valence-electron chi connectivity index (χ4n) is 1.22. The minimum Gasteiger partial charge on any atom is -0.466 e. The van der Waals surface area contributed by atoms with Crippen LogP contribution in [0.2, 0.25) is 0 Å². The van der Waals surface area contributed by atoms with E-state index in [1.807, 2.05) is 13.8 Å². The van der Waals surface area contributed by atoms with Gasteiger partial charge in [-0.25, -0.2) is 0 Å². The first-order chi connectivity index (χ1) is 6.49. The Labute approximate surface area is 85.2 Å². The van der Waals surface area contributed by atoms with Crippen LogP contribution in [0, 0.1) is 0 Å². The second-order valence-corrected chi connectivity index (χ2v) is 3.36. The number of amides is 1. The summed E-state index contributed by atoms with van der Waals surface area (Å²) in [6.07, 6.45) is 0.269. The Bertz CT molecular complexity index is 202. The van der Waals surface area contributed by atoms with Crippen LogP contribution >= 0.6 is 0 Å². The van der Waals surface area contributed by atoms with Gasteiger partial charge in [-0.15, -0.1) is 0 Å². The van der Waals surface area contributed by atoms with Crippen molar-refractivity contribution in [2.75, 3.05) is 13.2 Å². The van der Waals surface area contributed by atoms with Crippen LogP contribution in [-0.4, -0.2) is 36.0 Å². The molecule has 0 spiro atoms. The second kappa shape index (κ2) is 6.40. The predicted molar refractivity (Wildman–Crippen MR) is 53.8 cm³/mol. The van der Waals surface area contributed by atoms with Gasteiger partial charge in [-0.1, -0.05) is 0 Å². The lowest BCUT2D eigenvalue weighted by molar-refractivity contribution is -0.144. The zero-order valence-electron chi connectivity index (χ0n) is 9.37. The van der Waals surface area contributed by atoms with Crippen molar-refractivity contribution in [2.24, 2.45) is 0 Å². The molecule has 4 nitrogen and oxygen atoms in total. The highest BCUT2D eigenvalue weighted by atomic mass is 16.5. The first-order valence-electron chi connectivity index (χ1n) is 4.91. The highest BCUT2D eigenvalue weighted by Gasteiger charge is 2.14. The van der Waals surface area contributed by atoms with Gasteiger partial charge in [0.15, 0.2) is 0 Å². The summed E-state index contributed by atoms with van der Waals surface area (Å²) >= 11 is 0. The van der Waals surface area contributed by atoms with Crippen LogP contribution < -0.4 is 0 Å². The highest BCUT2D eigenvalue weighted by Crippen LogP contribution is 2.01. The summed E-state index contributed by atoms with van der Waals surface area (Å²) in [4.78, 5) is 23.8. The molecule has 0 saturated carbocycles. The van der Waals surface area contributed by atoms with E-state index in [4.69, 9.17) is 4.74 Å². The SMILES string of the molecule is CCOC(=O)CCN(C(C)=O)C(C)C. The minimum absolute atomic E-state index is 0.00991. The molecule has 0 aromatic rings. The third-order valence-electron chi connectivity index (χ3n) is 1.89. The summed E-state index contributed by atoms with van der Waals surface area (Å²) in [6.45, 7) is 7.94. The first kappa shape index (κ1) is 12.9. The van der Waals surface area contributed by atoms with Crippen LogP contribution in [-0.2, 0) is 14.3 Å². The van der Waals surface area contributed by atoms with Gasteiger partial charge >= 0.3 is 5.97 Å². The van der Waals surface area contributed by atoms with Crippen molar-refractivity contribution in [3.05, 3.63) is 0 Å². The predicted octanol–water partition coefficient (Wildman–Crippen LogP) is 1.20. The zero-order chi connectivity index (χ0) is 11.1. The van der Waals surface area contributed by atoms with Gasteiger partial charge in [0.2, 0.25) is 5.91 Å². The monoisotopic (exact) mass is 201 g/mol. The molecule has 0 aliphatic rings. The van der Waals surface area contributed by atoms with Gasteiger partial charge in [0.1, 0.15) is 0 Å². The van der Waals surface area contributed by atoms with E-state index >= 15 is 0 Å². The van der Waals surface area contributed by atoms with E-state index in [1.165, 1.54) is 6.92 Å². The average molecular weight is 201 g/mol. The van der Waals surface area contributed by atoms with E-state index in [0.29, 0.717) is 13.2 Å². The van der Waals surface area contributed by atoms with Gasteiger partial charge in [0.25, 0.3) is 0 Å². The summed E-state index contributed by atoms with van der Waals surface area (Å²) in [5, 5.41) is 0. The molecular weight excluding hydrogens is 182 g/mol. The molecule has 0 aromatic carbocycles. The number of ether oxygens (including phenoxy) is 1. The largest absolute Gasteiger partial charge is 0.466 e. The van der Waals surface area contributed by atoms with Crippen LogP contribution in [0.3, 0.4) is 0 Å². The maximum absolute atomic E-state index is 11.1. The number of nitrogens with zero attached hydrogens (tertiary/aromatic N) is 1. The maximum Gasteiger partial charge on any atom is 0.307 e. The standard InChI is InChI=1S/C10H19NO3/c1-5-14-10(13)6-7-11(8(2)3)9(4)12/h8H,5-7H2,1-4H3. The molecule has 0 radical (unpaired) electrons. The highest BCUT2D eigenvalue weighted by molar-refractivity contribution is 5.75. The Kier molecular flexibility index (Phi) is 5.92. The Morgan fingerprint density at radius 1 is 1.36 bits per heavy atom. The van der Waals surface area contributed by atoms with Gasteiger partial charge in [-0.05, 0) is 20.8 Å². The fourth-order valence-corrected chi connectivity index (χ4v) is 1.22. The first-order valence-corrected chi connectivity index (χ1v) is 4.91. The smallest absolute Gasteiger partial charge is 0.307 e. The lowest BCUT2D eigenvalue weighted by atomic mass is 10.3. The van der Waals surface area contributed by atoms with Crippen LogP contribution in [0.1, 0.15) is 34.1 Å². The lowest BCUT2D eigenvalue weighted by Gasteiger charge is -2.24. The molecule has 0 fully saturated rings. The molecule has 1 amide bonds. The summed E-state index contributed by atoms with van der Waals surface area (Å²) in [7, 11) is 0. The number of hydrogen-bond acceptors (Lipinski definition) is 3. The van der Waals surface area contributed by atoms with E-state index in [2.05, 4.69) is 0 Å². The van der Waals surface area contributed by atoms with Crippen LogP contribution in [0.25, 0.3) is 0 Å². The molecule has 0 aliphatic carbocycles. The molecule has 0 rings (SSSR count). The second-order valence-electron chi connectivity index (χ2n) is 3.36. The quantitative estimate of drug-likeness (QED) is 0.628. The third-order valence-corrected chi connectivity index (χ3v) is 1.89. The molecule has 0 atom stereocenters. The average Bonchev–Trinajstić information content (AvgIpc) is 2.03. The number of carbonyl (C=O) groups is 2. The molecule has 0 saturated heterocycles. The van der Waals surface area contributed by atoms with Crippen LogP contribution in [0.15, 0.2) is 0 Å². The van der Waals surface area contributed by atoms with Crippen LogP contribution in [0.4, 0.5) is 0 Å².